The lowest BCUT2D eigenvalue weighted by Crippen LogP contribution is -2.43. The summed E-state index contributed by atoms with van der Waals surface area (Å²) in [7, 11) is 0.198. The van der Waals surface area contributed by atoms with E-state index in [1.54, 1.807) is 0 Å². The Balaban J connectivity index is 2.40. The molecule has 104 valence electrons. The standard InChI is InChI=1S/C14H21IN2OSi/c1-14(2,3)19(5,6)18-10-7-8-11-12(9-10)17(4)16-13(11)15/h7-9H,1-6H3. The minimum atomic E-state index is -1.78. The molecule has 2 rings (SSSR count). The minimum Gasteiger partial charge on any atom is -0.543 e. The van der Waals surface area contributed by atoms with E-state index in [2.05, 4.69) is 79.8 Å². The maximum atomic E-state index is 6.33. The first-order chi connectivity index (χ1) is 8.62. The zero-order chi connectivity index (χ0) is 14.4. The highest BCUT2D eigenvalue weighted by Crippen LogP contribution is 2.38. The van der Waals surface area contributed by atoms with E-state index < -0.39 is 8.32 Å². The minimum absolute atomic E-state index is 0.211. The Morgan fingerprint density at radius 3 is 2.47 bits per heavy atom. The summed E-state index contributed by atoms with van der Waals surface area (Å²) in [4.78, 5) is 0. The fourth-order valence-corrected chi connectivity index (χ4v) is 3.51. The van der Waals surface area contributed by atoms with Gasteiger partial charge in [-0.3, -0.25) is 4.68 Å². The van der Waals surface area contributed by atoms with Gasteiger partial charge in [0, 0.05) is 18.5 Å². The van der Waals surface area contributed by atoms with Crippen molar-refractivity contribution in [3.8, 4) is 5.75 Å². The first kappa shape index (κ1) is 14.8. The van der Waals surface area contributed by atoms with Crippen molar-refractivity contribution in [2.24, 2.45) is 7.05 Å². The van der Waals surface area contributed by atoms with Crippen LogP contribution in [0.25, 0.3) is 10.9 Å². The van der Waals surface area contributed by atoms with Crippen molar-refractivity contribution in [3.05, 3.63) is 21.9 Å². The Morgan fingerprint density at radius 1 is 1.26 bits per heavy atom. The smallest absolute Gasteiger partial charge is 0.250 e. The van der Waals surface area contributed by atoms with Crippen molar-refractivity contribution < 1.29 is 4.43 Å². The molecule has 0 N–H and O–H groups in total. The van der Waals surface area contributed by atoms with Gasteiger partial charge in [0.15, 0.2) is 0 Å². The zero-order valence-electron chi connectivity index (χ0n) is 12.4. The number of fused-ring (bicyclic) bond motifs is 1. The molecule has 2 aromatic rings. The lowest BCUT2D eigenvalue weighted by molar-refractivity contribution is 0.492. The van der Waals surface area contributed by atoms with E-state index in [0.717, 1.165) is 15.0 Å². The van der Waals surface area contributed by atoms with E-state index in [1.807, 2.05) is 11.7 Å². The van der Waals surface area contributed by atoms with E-state index in [9.17, 15) is 0 Å². The largest absolute Gasteiger partial charge is 0.543 e. The number of rotatable bonds is 2. The highest BCUT2D eigenvalue weighted by Gasteiger charge is 2.39. The number of hydrogen-bond donors (Lipinski definition) is 0. The molecule has 0 saturated carbocycles. The molecule has 5 heteroatoms. The quantitative estimate of drug-likeness (QED) is 0.557. The van der Waals surface area contributed by atoms with Crippen LogP contribution in [-0.2, 0) is 7.05 Å². The van der Waals surface area contributed by atoms with Gasteiger partial charge < -0.3 is 4.43 Å². The van der Waals surface area contributed by atoms with Gasteiger partial charge >= 0.3 is 0 Å². The van der Waals surface area contributed by atoms with E-state index in [-0.39, 0.29) is 5.04 Å². The second-order valence-corrected chi connectivity index (χ2v) is 12.2. The molecule has 0 spiro atoms. The fraction of sp³-hybridized carbons (Fsp3) is 0.500. The third kappa shape index (κ3) is 2.81. The SMILES string of the molecule is Cn1nc(I)c2ccc(O[Si](C)(C)C(C)(C)C)cc21. The lowest BCUT2D eigenvalue weighted by atomic mass is 10.2. The van der Waals surface area contributed by atoms with Crippen LogP contribution in [0, 0.1) is 3.70 Å². The van der Waals surface area contributed by atoms with Gasteiger partial charge in [0.2, 0.25) is 8.32 Å². The van der Waals surface area contributed by atoms with Crippen molar-refractivity contribution in [1.29, 1.82) is 0 Å². The Morgan fingerprint density at radius 2 is 1.89 bits per heavy atom. The second kappa shape index (κ2) is 4.77. The Kier molecular flexibility index (Phi) is 3.72. The summed E-state index contributed by atoms with van der Waals surface area (Å²) in [5.74, 6) is 0.957. The number of aryl methyl sites for hydroxylation is 1. The monoisotopic (exact) mass is 388 g/mol. The van der Waals surface area contributed by atoms with Crippen molar-refractivity contribution in [2.45, 2.75) is 38.9 Å². The number of nitrogens with zero attached hydrogens (tertiary/aromatic N) is 2. The second-order valence-electron chi connectivity index (χ2n) is 6.46. The third-order valence-electron chi connectivity index (χ3n) is 3.96. The summed E-state index contributed by atoms with van der Waals surface area (Å²) < 4.78 is 9.28. The van der Waals surface area contributed by atoms with Crippen molar-refractivity contribution >= 4 is 41.8 Å². The maximum absolute atomic E-state index is 6.33. The first-order valence-electron chi connectivity index (χ1n) is 6.43. The molecule has 0 atom stereocenters. The van der Waals surface area contributed by atoms with E-state index in [0.29, 0.717) is 0 Å². The fourth-order valence-electron chi connectivity index (χ4n) is 1.70. The number of aromatic nitrogens is 2. The van der Waals surface area contributed by atoms with Crippen LogP contribution in [-0.4, -0.2) is 18.1 Å². The van der Waals surface area contributed by atoms with E-state index in [4.69, 9.17) is 4.43 Å². The summed E-state index contributed by atoms with van der Waals surface area (Å²) in [6.07, 6.45) is 0. The van der Waals surface area contributed by atoms with Crippen LogP contribution in [0.15, 0.2) is 18.2 Å². The normalized spacial score (nSPS) is 13.0. The topological polar surface area (TPSA) is 27.1 Å². The molecule has 0 amide bonds. The summed E-state index contributed by atoms with van der Waals surface area (Å²) >= 11 is 2.27. The van der Waals surface area contributed by atoms with Crippen LogP contribution < -0.4 is 4.43 Å². The number of hydrogen-bond acceptors (Lipinski definition) is 2. The number of benzene rings is 1. The molecule has 0 aliphatic carbocycles. The van der Waals surface area contributed by atoms with Gasteiger partial charge in [-0.05, 0) is 52.9 Å². The zero-order valence-corrected chi connectivity index (χ0v) is 15.6. The molecule has 1 aromatic carbocycles. The lowest BCUT2D eigenvalue weighted by Gasteiger charge is -2.36. The van der Waals surface area contributed by atoms with Crippen LogP contribution in [0.4, 0.5) is 0 Å². The van der Waals surface area contributed by atoms with E-state index in [1.165, 1.54) is 5.39 Å². The molecule has 0 fully saturated rings. The van der Waals surface area contributed by atoms with Gasteiger partial charge in [-0.1, -0.05) is 20.8 Å². The highest BCUT2D eigenvalue weighted by molar-refractivity contribution is 14.1. The maximum Gasteiger partial charge on any atom is 0.250 e. The molecular weight excluding hydrogens is 367 g/mol. The summed E-state index contributed by atoms with van der Waals surface area (Å²) in [5.41, 5.74) is 1.13. The van der Waals surface area contributed by atoms with Crippen LogP contribution >= 0.6 is 22.6 Å². The van der Waals surface area contributed by atoms with Gasteiger partial charge in [-0.25, -0.2) is 0 Å². The number of halogens is 1. The van der Waals surface area contributed by atoms with Crippen LogP contribution in [0.2, 0.25) is 18.1 Å². The van der Waals surface area contributed by atoms with Gasteiger partial charge in [-0.2, -0.15) is 5.10 Å². The van der Waals surface area contributed by atoms with Crippen LogP contribution in [0.1, 0.15) is 20.8 Å². The van der Waals surface area contributed by atoms with Crippen LogP contribution in [0.3, 0.4) is 0 Å². The highest BCUT2D eigenvalue weighted by atomic mass is 127. The Bertz CT molecular complexity index is 614. The first-order valence-corrected chi connectivity index (χ1v) is 10.4. The molecule has 0 aliphatic heterocycles. The molecule has 0 unspecified atom stereocenters. The van der Waals surface area contributed by atoms with Gasteiger partial charge in [0.05, 0.1) is 5.52 Å². The van der Waals surface area contributed by atoms with Gasteiger partial charge in [0.1, 0.15) is 9.45 Å². The van der Waals surface area contributed by atoms with Crippen LogP contribution in [0.5, 0.6) is 5.75 Å². The van der Waals surface area contributed by atoms with Crippen molar-refractivity contribution in [2.75, 3.05) is 0 Å². The molecule has 0 radical (unpaired) electrons. The summed E-state index contributed by atoms with van der Waals surface area (Å²) in [6.45, 7) is 11.3. The molecule has 1 heterocycles. The molecule has 3 nitrogen and oxygen atoms in total. The molecule has 0 aliphatic rings. The Hall–Kier alpha value is -0.563. The molecule has 0 saturated heterocycles. The van der Waals surface area contributed by atoms with Crippen molar-refractivity contribution in [3.63, 3.8) is 0 Å². The van der Waals surface area contributed by atoms with Gasteiger partial charge in [-0.15, -0.1) is 0 Å². The van der Waals surface area contributed by atoms with Gasteiger partial charge in [0.25, 0.3) is 0 Å². The molecule has 1 aromatic heterocycles. The van der Waals surface area contributed by atoms with E-state index >= 15 is 0 Å². The summed E-state index contributed by atoms with van der Waals surface area (Å²) in [5, 5.41) is 5.83. The average molecular weight is 388 g/mol. The average Bonchev–Trinajstić information content (AvgIpc) is 2.52. The summed E-state index contributed by atoms with van der Waals surface area (Å²) in [6, 6.07) is 6.27. The molecule has 0 bridgehead atoms. The third-order valence-corrected chi connectivity index (χ3v) is 9.11. The molecular formula is C14H21IN2OSi. The van der Waals surface area contributed by atoms with Crippen molar-refractivity contribution in [1.82, 2.24) is 9.78 Å². The Labute approximate surface area is 129 Å². The predicted octanol–water partition coefficient (Wildman–Crippen LogP) is 4.56. The predicted molar refractivity (Wildman–Crippen MR) is 91.3 cm³/mol. The molecule has 19 heavy (non-hydrogen) atoms.